The van der Waals surface area contributed by atoms with E-state index in [1.807, 2.05) is 12.1 Å². The van der Waals surface area contributed by atoms with Crippen LogP contribution in [0.5, 0.6) is 5.75 Å². The molecule has 5 nitrogen and oxygen atoms in total. The van der Waals surface area contributed by atoms with Crippen molar-refractivity contribution in [3.63, 3.8) is 0 Å². The smallest absolute Gasteiger partial charge is 0.119 e. The Hall–Kier alpha value is -1.61. The van der Waals surface area contributed by atoms with Crippen LogP contribution in [0.15, 0.2) is 24.3 Å². The van der Waals surface area contributed by atoms with E-state index in [9.17, 15) is 0 Å². The van der Waals surface area contributed by atoms with Crippen LogP contribution in [0.25, 0.3) is 0 Å². The summed E-state index contributed by atoms with van der Waals surface area (Å²) in [5.74, 6) is 1.53. The molecule has 2 aliphatic rings. The number of rotatable bonds is 5. The maximum Gasteiger partial charge on any atom is 0.119 e. The highest BCUT2D eigenvalue weighted by Crippen LogP contribution is 2.22. The Morgan fingerprint density at radius 3 is 2.65 bits per heavy atom. The minimum absolute atomic E-state index is 0.647. The lowest BCUT2D eigenvalue weighted by atomic mass is 10.0. The molecule has 23 heavy (non-hydrogen) atoms. The van der Waals surface area contributed by atoms with Crippen molar-refractivity contribution in [2.75, 3.05) is 52.5 Å². The fourth-order valence-electron chi connectivity index (χ4n) is 3.53. The summed E-state index contributed by atoms with van der Waals surface area (Å²) in [6, 6.07) is 10.1. The predicted molar refractivity (Wildman–Crippen MR) is 88.4 cm³/mol. The van der Waals surface area contributed by atoms with Crippen LogP contribution in [-0.2, 0) is 4.74 Å². The Labute approximate surface area is 138 Å². The topological polar surface area (TPSA) is 48.7 Å². The van der Waals surface area contributed by atoms with Crippen LogP contribution in [-0.4, -0.2) is 68.4 Å². The molecule has 2 heterocycles. The Morgan fingerprint density at radius 2 is 1.96 bits per heavy atom. The second kappa shape index (κ2) is 7.78. The van der Waals surface area contributed by atoms with E-state index in [0.717, 1.165) is 51.7 Å². The van der Waals surface area contributed by atoms with Gasteiger partial charge in [0.1, 0.15) is 12.4 Å². The van der Waals surface area contributed by atoms with Crippen molar-refractivity contribution in [1.82, 2.24) is 9.80 Å². The third kappa shape index (κ3) is 4.23. The lowest BCUT2D eigenvalue weighted by Crippen LogP contribution is -2.46. The van der Waals surface area contributed by atoms with Crippen molar-refractivity contribution < 1.29 is 9.47 Å². The van der Waals surface area contributed by atoms with Crippen LogP contribution in [0.1, 0.15) is 12.5 Å². The van der Waals surface area contributed by atoms with Gasteiger partial charge >= 0.3 is 0 Å². The lowest BCUT2D eigenvalue weighted by molar-refractivity contribution is 0.0117. The van der Waals surface area contributed by atoms with Crippen LogP contribution in [0.2, 0.25) is 0 Å². The SMILES string of the molecule is C[C@@H]1CN(CCOc2ccc(C#N)cc2)C[C@H]1N1CCOCC1. The molecule has 5 heteroatoms. The van der Waals surface area contributed by atoms with Crippen LogP contribution in [0, 0.1) is 17.2 Å². The number of likely N-dealkylation sites (tertiary alicyclic amines) is 1. The zero-order valence-electron chi connectivity index (χ0n) is 13.8. The molecule has 124 valence electrons. The van der Waals surface area contributed by atoms with E-state index in [0.29, 0.717) is 24.1 Å². The number of nitriles is 1. The first-order valence-electron chi connectivity index (χ1n) is 8.43. The molecule has 2 atom stereocenters. The summed E-state index contributed by atoms with van der Waals surface area (Å²) < 4.78 is 11.3. The largest absolute Gasteiger partial charge is 0.492 e. The molecule has 0 radical (unpaired) electrons. The van der Waals surface area contributed by atoms with E-state index in [4.69, 9.17) is 14.7 Å². The molecule has 1 aromatic rings. The molecule has 0 bridgehead atoms. The number of nitrogens with zero attached hydrogens (tertiary/aromatic N) is 3. The third-order valence-corrected chi connectivity index (χ3v) is 4.82. The van der Waals surface area contributed by atoms with E-state index < -0.39 is 0 Å². The summed E-state index contributed by atoms with van der Waals surface area (Å²) >= 11 is 0. The van der Waals surface area contributed by atoms with Crippen molar-refractivity contribution in [3.05, 3.63) is 29.8 Å². The number of benzene rings is 1. The molecular formula is C18H25N3O2. The average molecular weight is 315 g/mol. The molecule has 3 rings (SSSR count). The van der Waals surface area contributed by atoms with Crippen LogP contribution >= 0.6 is 0 Å². The van der Waals surface area contributed by atoms with Gasteiger partial charge in [-0.3, -0.25) is 9.80 Å². The summed E-state index contributed by atoms with van der Waals surface area (Å²) in [7, 11) is 0. The van der Waals surface area contributed by atoms with Gasteiger partial charge in [0.05, 0.1) is 24.8 Å². The van der Waals surface area contributed by atoms with E-state index >= 15 is 0 Å². The second-order valence-corrected chi connectivity index (χ2v) is 6.44. The van der Waals surface area contributed by atoms with E-state index in [-0.39, 0.29) is 0 Å². The number of hydrogen-bond donors (Lipinski definition) is 0. The Morgan fingerprint density at radius 1 is 1.22 bits per heavy atom. The second-order valence-electron chi connectivity index (χ2n) is 6.44. The van der Waals surface area contributed by atoms with Gasteiger partial charge in [-0.25, -0.2) is 0 Å². The maximum atomic E-state index is 8.80. The van der Waals surface area contributed by atoms with Crippen LogP contribution in [0.4, 0.5) is 0 Å². The van der Waals surface area contributed by atoms with Gasteiger partial charge in [-0.1, -0.05) is 6.92 Å². The quantitative estimate of drug-likeness (QED) is 0.826. The van der Waals surface area contributed by atoms with Crippen molar-refractivity contribution in [2.24, 2.45) is 5.92 Å². The fraction of sp³-hybridized carbons (Fsp3) is 0.611. The van der Waals surface area contributed by atoms with Gasteiger partial charge in [0.25, 0.3) is 0 Å². The average Bonchev–Trinajstić information content (AvgIpc) is 2.97. The minimum Gasteiger partial charge on any atom is -0.492 e. The fourth-order valence-corrected chi connectivity index (χ4v) is 3.53. The predicted octanol–water partition coefficient (Wildman–Crippen LogP) is 1.59. The molecule has 0 aliphatic carbocycles. The summed E-state index contributed by atoms with van der Waals surface area (Å²) in [4.78, 5) is 5.07. The Kier molecular flexibility index (Phi) is 5.50. The van der Waals surface area contributed by atoms with Gasteiger partial charge in [0, 0.05) is 38.8 Å². The number of hydrogen-bond acceptors (Lipinski definition) is 5. The van der Waals surface area contributed by atoms with Crippen molar-refractivity contribution in [2.45, 2.75) is 13.0 Å². The van der Waals surface area contributed by atoms with Gasteiger partial charge < -0.3 is 9.47 Å². The van der Waals surface area contributed by atoms with Gasteiger partial charge in [0.2, 0.25) is 0 Å². The van der Waals surface area contributed by atoms with E-state index in [1.165, 1.54) is 0 Å². The molecule has 1 aromatic carbocycles. The third-order valence-electron chi connectivity index (χ3n) is 4.82. The van der Waals surface area contributed by atoms with Crippen molar-refractivity contribution in [1.29, 1.82) is 5.26 Å². The molecule has 2 saturated heterocycles. The zero-order chi connectivity index (χ0) is 16.1. The maximum absolute atomic E-state index is 8.80. The molecule has 0 saturated carbocycles. The Balaban J connectivity index is 1.43. The Bertz CT molecular complexity index is 534. The van der Waals surface area contributed by atoms with Gasteiger partial charge in [-0.15, -0.1) is 0 Å². The molecule has 0 aromatic heterocycles. The molecule has 0 amide bonds. The number of ether oxygens (including phenoxy) is 2. The monoisotopic (exact) mass is 315 g/mol. The summed E-state index contributed by atoms with van der Waals surface area (Å²) in [5.41, 5.74) is 0.666. The molecule has 0 spiro atoms. The summed E-state index contributed by atoms with van der Waals surface area (Å²) in [5, 5.41) is 8.80. The summed E-state index contributed by atoms with van der Waals surface area (Å²) in [6.07, 6.45) is 0. The molecular weight excluding hydrogens is 290 g/mol. The first kappa shape index (κ1) is 16.3. The van der Waals surface area contributed by atoms with Gasteiger partial charge in [0.15, 0.2) is 0 Å². The van der Waals surface area contributed by atoms with Gasteiger partial charge in [-0.2, -0.15) is 5.26 Å². The lowest BCUT2D eigenvalue weighted by Gasteiger charge is -2.34. The molecule has 0 unspecified atom stereocenters. The van der Waals surface area contributed by atoms with E-state index in [1.54, 1.807) is 12.1 Å². The molecule has 2 fully saturated rings. The van der Waals surface area contributed by atoms with Crippen molar-refractivity contribution in [3.8, 4) is 11.8 Å². The first-order valence-corrected chi connectivity index (χ1v) is 8.43. The minimum atomic E-state index is 0.647. The highest BCUT2D eigenvalue weighted by molar-refractivity contribution is 5.34. The highest BCUT2D eigenvalue weighted by atomic mass is 16.5. The van der Waals surface area contributed by atoms with Gasteiger partial charge in [-0.05, 0) is 30.2 Å². The number of morpholine rings is 1. The first-order chi connectivity index (χ1) is 11.3. The molecule has 2 aliphatic heterocycles. The summed E-state index contributed by atoms with van der Waals surface area (Å²) in [6.45, 7) is 10.1. The van der Waals surface area contributed by atoms with Crippen LogP contribution < -0.4 is 4.74 Å². The normalized spacial score (nSPS) is 26.1. The van der Waals surface area contributed by atoms with Crippen LogP contribution in [0.3, 0.4) is 0 Å². The highest BCUT2D eigenvalue weighted by Gasteiger charge is 2.34. The standard InChI is InChI=1S/C18H25N3O2/c1-15-13-20(14-18(15)21-7-9-22-10-8-21)6-11-23-17-4-2-16(12-19)3-5-17/h2-5,15,18H,6-11,13-14H2,1H3/t15-,18-/m1/s1. The van der Waals surface area contributed by atoms with Crippen molar-refractivity contribution >= 4 is 0 Å². The zero-order valence-corrected chi connectivity index (χ0v) is 13.8. The van der Waals surface area contributed by atoms with E-state index in [2.05, 4.69) is 22.8 Å². The molecule has 0 N–H and O–H groups in total.